The van der Waals surface area contributed by atoms with Gasteiger partial charge in [-0.1, -0.05) is 55.1 Å². The number of alkyl halides is 3. The number of anilines is 2. The van der Waals surface area contributed by atoms with Crippen molar-refractivity contribution >= 4 is 34.8 Å². The van der Waals surface area contributed by atoms with Gasteiger partial charge < -0.3 is 15.5 Å². The number of rotatable bonds is 6. The molecule has 3 unspecified atom stereocenters. The highest BCUT2D eigenvalue weighted by atomic mass is 35.5. The molecule has 2 aliphatic carbocycles. The van der Waals surface area contributed by atoms with Crippen molar-refractivity contribution in [1.29, 1.82) is 0 Å². The Bertz CT molecular complexity index is 1550. The third-order valence-corrected chi connectivity index (χ3v) is 10.1. The Hall–Kier alpha value is -3.59. The quantitative estimate of drug-likeness (QED) is 0.264. The number of halogens is 5. The summed E-state index contributed by atoms with van der Waals surface area (Å²) in [5, 5.41) is 5.79. The third kappa shape index (κ3) is 6.41. The molecule has 238 valence electrons. The molecule has 3 aromatic rings. The van der Waals surface area contributed by atoms with E-state index >= 15 is 4.39 Å². The minimum absolute atomic E-state index is 0.00714. The summed E-state index contributed by atoms with van der Waals surface area (Å²) < 4.78 is 56.1. The van der Waals surface area contributed by atoms with Gasteiger partial charge in [0, 0.05) is 23.5 Å². The van der Waals surface area contributed by atoms with E-state index in [0.29, 0.717) is 23.6 Å². The van der Waals surface area contributed by atoms with E-state index in [9.17, 15) is 22.8 Å². The van der Waals surface area contributed by atoms with Gasteiger partial charge in [0.2, 0.25) is 5.91 Å². The van der Waals surface area contributed by atoms with Crippen LogP contribution in [0.1, 0.15) is 84.5 Å². The molecule has 5 nitrogen and oxygen atoms in total. The Morgan fingerprint density at radius 3 is 2.31 bits per heavy atom. The van der Waals surface area contributed by atoms with Crippen molar-refractivity contribution in [2.45, 2.75) is 82.6 Å². The first-order valence-corrected chi connectivity index (χ1v) is 16.0. The molecule has 45 heavy (non-hydrogen) atoms. The number of carbonyl (C=O) groups excluding carboxylic acids is 2. The largest absolute Gasteiger partial charge is 0.417 e. The fourth-order valence-corrected chi connectivity index (χ4v) is 7.83. The van der Waals surface area contributed by atoms with Crippen LogP contribution in [0.4, 0.5) is 28.9 Å². The number of hydrogen-bond donors (Lipinski definition) is 2. The van der Waals surface area contributed by atoms with Crippen molar-refractivity contribution in [2.75, 3.05) is 10.6 Å². The molecule has 4 atom stereocenters. The number of nitrogens with one attached hydrogen (secondary N) is 2. The van der Waals surface area contributed by atoms with Gasteiger partial charge in [0.1, 0.15) is 5.82 Å². The molecule has 1 saturated heterocycles. The van der Waals surface area contributed by atoms with Gasteiger partial charge in [-0.05, 0) is 92.5 Å². The monoisotopic (exact) mass is 641 g/mol. The minimum atomic E-state index is -4.70. The molecule has 0 aromatic heterocycles. The van der Waals surface area contributed by atoms with Gasteiger partial charge in [0.15, 0.2) is 0 Å². The van der Waals surface area contributed by atoms with Crippen LogP contribution in [-0.2, 0) is 11.0 Å². The smallest absolute Gasteiger partial charge is 0.382 e. The predicted molar refractivity (Wildman–Crippen MR) is 167 cm³/mol. The van der Waals surface area contributed by atoms with Crippen LogP contribution >= 0.6 is 11.6 Å². The summed E-state index contributed by atoms with van der Waals surface area (Å²) in [5.41, 5.74) is 1.04. The van der Waals surface area contributed by atoms with Crippen LogP contribution in [0.15, 0.2) is 60.7 Å². The fraction of sp³-hybridized carbons (Fsp3) is 0.429. The second-order valence-corrected chi connectivity index (χ2v) is 13.0. The number of carbonyl (C=O) groups is 2. The van der Waals surface area contributed by atoms with Crippen LogP contribution in [0, 0.1) is 24.6 Å². The first kappa shape index (κ1) is 31.4. The summed E-state index contributed by atoms with van der Waals surface area (Å²) in [5.74, 6) is -2.41. The Labute approximate surface area is 265 Å². The SMILES string of the molecule is Cc1cccc(F)c1C(=O)N1C2CCCC2C[C@H](C(=O)Nc2ccc(Cl)c(C(F)(F)F)c2)C1c1ccc(NC2CCCC2)cc1. The average molecular weight is 642 g/mol. The number of nitrogens with zero attached hydrogens (tertiary/aromatic N) is 1. The average Bonchev–Trinajstić information content (AvgIpc) is 3.69. The summed E-state index contributed by atoms with van der Waals surface area (Å²) in [6.07, 6.45) is 2.69. The normalized spacial score (nSPS) is 23.6. The summed E-state index contributed by atoms with van der Waals surface area (Å²) in [6.45, 7) is 1.69. The van der Waals surface area contributed by atoms with Crippen molar-refractivity contribution in [3.63, 3.8) is 0 Å². The molecule has 6 rings (SSSR count). The zero-order valence-corrected chi connectivity index (χ0v) is 25.7. The van der Waals surface area contributed by atoms with Crippen molar-refractivity contribution in [3.05, 3.63) is 93.8 Å². The van der Waals surface area contributed by atoms with Crippen LogP contribution < -0.4 is 10.6 Å². The Balaban J connectivity index is 1.39. The zero-order valence-electron chi connectivity index (χ0n) is 25.0. The Morgan fingerprint density at radius 2 is 1.62 bits per heavy atom. The molecule has 1 heterocycles. The number of benzene rings is 3. The number of aryl methyl sites for hydroxylation is 1. The molecule has 0 bridgehead atoms. The van der Waals surface area contributed by atoms with E-state index in [1.165, 1.54) is 25.0 Å². The summed E-state index contributed by atoms with van der Waals surface area (Å²) >= 11 is 5.82. The minimum Gasteiger partial charge on any atom is -0.382 e. The lowest BCUT2D eigenvalue weighted by Gasteiger charge is -2.48. The van der Waals surface area contributed by atoms with Crippen LogP contribution in [0.2, 0.25) is 5.02 Å². The maximum atomic E-state index is 15.2. The molecule has 2 amide bonds. The molecular formula is C35H36ClF4N3O2. The molecule has 2 N–H and O–H groups in total. The van der Waals surface area contributed by atoms with Crippen LogP contribution in [0.5, 0.6) is 0 Å². The van der Waals surface area contributed by atoms with Crippen molar-refractivity contribution < 1.29 is 27.2 Å². The molecular weight excluding hydrogens is 606 g/mol. The van der Waals surface area contributed by atoms with E-state index in [0.717, 1.165) is 49.9 Å². The summed E-state index contributed by atoms with van der Waals surface area (Å²) in [7, 11) is 0. The van der Waals surface area contributed by atoms with E-state index in [1.54, 1.807) is 24.0 Å². The lowest BCUT2D eigenvalue weighted by atomic mass is 9.76. The van der Waals surface area contributed by atoms with Crippen LogP contribution in [0.3, 0.4) is 0 Å². The first-order chi connectivity index (χ1) is 21.5. The highest BCUT2D eigenvalue weighted by Crippen LogP contribution is 2.49. The van der Waals surface area contributed by atoms with Crippen molar-refractivity contribution in [3.8, 4) is 0 Å². The van der Waals surface area contributed by atoms with Crippen molar-refractivity contribution in [1.82, 2.24) is 4.90 Å². The highest BCUT2D eigenvalue weighted by Gasteiger charge is 2.50. The van der Waals surface area contributed by atoms with Gasteiger partial charge in [0.25, 0.3) is 5.91 Å². The number of likely N-dealkylation sites (tertiary alicyclic amines) is 1. The van der Waals surface area contributed by atoms with E-state index in [-0.39, 0.29) is 23.2 Å². The molecule has 10 heteroatoms. The van der Waals surface area contributed by atoms with Crippen LogP contribution in [0.25, 0.3) is 0 Å². The van der Waals surface area contributed by atoms with Gasteiger partial charge in [-0.25, -0.2) is 4.39 Å². The van der Waals surface area contributed by atoms with Crippen molar-refractivity contribution in [2.24, 2.45) is 11.8 Å². The highest BCUT2D eigenvalue weighted by molar-refractivity contribution is 6.31. The van der Waals surface area contributed by atoms with Gasteiger partial charge in [-0.2, -0.15) is 13.2 Å². The maximum Gasteiger partial charge on any atom is 0.417 e. The second-order valence-electron chi connectivity index (χ2n) is 12.6. The number of hydrogen-bond acceptors (Lipinski definition) is 3. The molecule has 3 fully saturated rings. The van der Waals surface area contributed by atoms with E-state index < -0.39 is 46.4 Å². The van der Waals surface area contributed by atoms with Gasteiger partial charge in [-0.3, -0.25) is 9.59 Å². The van der Waals surface area contributed by atoms with E-state index in [4.69, 9.17) is 11.6 Å². The number of amides is 2. The van der Waals surface area contributed by atoms with E-state index in [1.807, 2.05) is 24.3 Å². The fourth-order valence-electron chi connectivity index (χ4n) is 7.60. The van der Waals surface area contributed by atoms with E-state index in [2.05, 4.69) is 10.6 Å². The Kier molecular flexibility index (Phi) is 8.83. The number of piperidine rings is 1. The molecule has 3 aliphatic rings. The summed E-state index contributed by atoms with van der Waals surface area (Å²) in [6, 6.07) is 14.9. The van der Waals surface area contributed by atoms with Crippen LogP contribution in [-0.4, -0.2) is 28.8 Å². The molecule has 0 spiro atoms. The third-order valence-electron chi connectivity index (χ3n) is 9.74. The van der Waals surface area contributed by atoms with Gasteiger partial charge in [-0.15, -0.1) is 0 Å². The molecule has 3 aromatic carbocycles. The lowest BCUT2D eigenvalue weighted by molar-refractivity contribution is -0.137. The standard InChI is InChI=1S/C35H36ClF4N3O2/c1-20-6-4-10-29(37)31(20)34(45)43-30-11-5-7-22(30)18-26(33(44)42-25-16-17-28(36)27(19-25)35(38,39)40)32(43)21-12-14-24(15-13-21)41-23-8-2-3-9-23/h4,6,10,12-17,19,22-23,26,30,32,41H,2-3,5,7-9,11,18H2,1H3,(H,42,44)/t22?,26-,30?,32?/m0/s1. The van der Waals surface area contributed by atoms with Gasteiger partial charge >= 0.3 is 6.18 Å². The lowest BCUT2D eigenvalue weighted by Crippen LogP contribution is -2.54. The molecule has 0 radical (unpaired) electrons. The predicted octanol–water partition coefficient (Wildman–Crippen LogP) is 9.17. The topological polar surface area (TPSA) is 61.4 Å². The molecule has 2 saturated carbocycles. The first-order valence-electron chi connectivity index (χ1n) is 15.6. The number of fused-ring (bicyclic) bond motifs is 1. The summed E-state index contributed by atoms with van der Waals surface area (Å²) in [4.78, 5) is 30.2. The van der Waals surface area contributed by atoms with Gasteiger partial charge in [0.05, 0.1) is 28.1 Å². The second kappa shape index (κ2) is 12.7. The molecule has 1 aliphatic heterocycles. The maximum absolute atomic E-state index is 15.2. The zero-order chi connectivity index (χ0) is 31.9. The Morgan fingerprint density at radius 1 is 0.911 bits per heavy atom.